The molecule has 0 fully saturated rings. The maximum atomic E-state index is 14.9. The molecule has 36 heavy (non-hydrogen) atoms. The molecule has 0 unspecified atom stereocenters. The first-order chi connectivity index (χ1) is 17.1. The van der Waals surface area contributed by atoms with Crippen LogP contribution in [0.5, 0.6) is 5.88 Å². The maximum Gasteiger partial charge on any atom is 0.248 e. The van der Waals surface area contributed by atoms with Crippen LogP contribution in [0.2, 0.25) is 0 Å². The third kappa shape index (κ3) is 2.41. The highest BCUT2D eigenvalue weighted by Crippen LogP contribution is 2.61. The lowest BCUT2D eigenvalue weighted by Gasteiger charge is -2.40. The van der Waals surface area contributed by atoms with E-state index < -0.39 is 11.0 Å². The van der Waals surface area contributed by atoms with Gasteiger partial charge in [0.1, 0.15) is 17.1 Å². The largest absolute Gasteiger partial charge is 0.422 e. The number of carbonyl (C=O) groups is 1. The van der Waals surface area contributed by atoms with E-state index in [1.54, 1.807) is 4.68 Å². The van der Waals surface area contributed by atoms with Crippen molar-refractivity contribution >= 4 is 17.2 Å². The van der Waals surface area contributed by atoms with E-state index in [0.29, 0.717) is 17.1 Å². The van der Waals surface area contributed by atoms with Crippen molar-refractivity contribution in [2.75, 3.05) is 4.90 Å². The molecule has 4 heterocycles. The minimum atomic E-state index is -1.46. The van der Waals surface area contributed by atoms with Crippen molar-refractivity contribution in [3.63, 3.8) is 0 Å². The number of rotatable bonds is 1. The minimum Gasteiger partial charge on any atom is -0.422 e. The number of hydrogen-bond donors (Lipinski definition) is 1. The van der Waals surface area contributed by atoms with Gasteiger partial charge in [0, 0.05) is 11.1 Å². The van der Waals surface area contributed by atoms with Crippen LogP contribution < -0.4 is 15.4 Å². The van der Waals surface area contributed by atoms with E-state index in [1.165, 1.54) is 0 Å². The van der Waals surface area contributed by atoms with Crippen LogP contribution in [0, 0.1) is 32.1 Å². The molecule has 1 atom stereocenters. The first-order valence-electron chi connectivity index (χ1n) is 12.0. The topological polar surface area (TPSA) is 97.2 Å². The van der Waals surface area contributed by atoms with Gasteiger partial charge in [-0.2, -0.15) is 10.4 Å². The molecule has 1 aromatic heterocycles. The number of aryl methyl sites for hydroxylation is 2. The summed E-state index contributed by atoms with van der Waals surface area (Å²) in [5.74, 6) is 0.0777. The zero-order valence-electron chi connectivity index (χ0n) is 21.2. The van der Waals surface area contributed by atoms with Crippen LogP contribution in [0.15, 0.2) is 53.9 Å². The van der Waals surface area contributed by atoms with Crippen molar-refractivity contribution in [2.45, 2.75) is 52.5 Å². The zero-order valence-corrected chi connectivity index (χ0v) is 21.2. The Morgan fingerprint density at radius 3 is 2.44 bits per heavy atom. The molecule has 0 saturated carbocycles. The predicted molar refractivity (Wildman–Crippen MR) is 138 cm³/mol. The van der Waals surface area contributed by atoms with Crippen LogP contribution in [-0.4, -0.2) is 21.2 Å². The van der Waals surface area contributed by atoms with Gasteiger partial charge in [-0.05, 0) is 76.4 Å². The van der Waals surface area contributed by atoms with Crippen LogP contribution in [0.1, 0.15) is 54.3 Å². The fourth-order valence-electron chi connectivity index (χ4n) is 6.34. The second-order valence-corrected chi connectivity index (χ2v) is 10.4. The Kier molecular flexibility index (Phi) is 4.24. The number of anilines is 1. The number of carbonyl (C=O) groups excluding carboxylic acids is 1. The SMILES string of the molecule is CC1=CC(C)(C)N2C(=O)[C@]3(C(C#N)=C(N)Oc4c3c(C)nn4-c3ccccc3)c3c(C)c(C)cc1c32. The summed E-state index contributed by atoms with van der Waals surface area (Å²) in [6, 6.07) is 14.0. The van der Waals surface area contributed by atoms with Crippen molar-refractivity contribution in [3.8, 4) is 17.6 Å². The van der Waals surface area contributed by atoms with E-state index in [1.807, 2.05) is 69.9 Å². The van der Waals surface area contributed by atoms with Crippen molar-refractivity contribution < 1.29 is 9.53 Å². The quantitative estimate of drug-likeness (QED) is 0.547. The van der Waals surface area contributed by atoms with Gasteiger partial charge in [0.2, 0.25) is 17.7 Å². The molecule has 1 spiro atoms. The smallest absolute Gasteiger partial charge is 0.248 e. The highest BCUT2D eigenvalue weighted by molar-refractivity contribution is 6.18. The predicted octanol–water partition coefficient (Wildman–Crippen LogP) is 4.71. The molecule has 7 heteroatoms. The van der Waals surface area contributed by atoms with Gasteiger partial charge in [-0.15, -0.1) is 0 Å². The Bertz CT molecular complexity index is 1620. The highest BCUT2D eigenvalue weighted by atomic mass is 16.5. The van der Waals surface area contributed by atoms with E-state index in [0.717, 1.165) is 39.2 Å². The summed E-state index contributed by atoms with van der Waals surface area (Å²) >= 11 is 0. The third-order valence-corrected chi connectivity index (χ3v) is 7.85. The van der Waals surface area contributed by atoms with Gasteiger partial charge in [-0.25, -0.2) is 4.68 Å². The Morgan fingerprint density at radius 1 is 1.08 bits per heavy atom. The number of fused-ring (bicyclic) bond motifs is 3. The first-order valence-corrected chi connectivity index (χ1v) is 12.0. The molecular weight excluding hydrogens is 450 g/mol. The van der Waals surface area contributed by atoms with Gasteiger partial charge in [0.15, 0.2) is 0 Å². The maximum absolute atomic E-state index is 14.9. The molecule has 0 saturated heterocycles. The number of para-hydroxylation sites is 1. The van der Waals surface area contributed by atoms with Gasteiger partial charge in [-0.3, -0.25) is 4.79 Å². The summed E-state index contributed by atoms with van der Waals surface area (Å²) in [7, 11) is 0. The van der Waals surface area contributed by atoms with Crippen molar-refractivity contribution in [3.05, 3.63) is 87.4 Å². The van der Waals surface area contributed by atoms with Crippen LogP contribution in [0.3, 0.4) is 0 Å². The molecule has 3 aliphatic heterocycles. The fourth-order valence-corrected chi connectivity index (χ4v) is 6.34. The molecule has 3 aromatic rings. The number of aromatic nitrogens is 2. The summed E-state index contributed by atoms with van der Waals surface area (Å²) in [6.07, 6.45) is 2.12. The average molecular weight is 478 g/mol. The van der Waals surface area contributed by atoms with Gasteiger partial charge in [-0.1, -0.05) is 24.3 Å². The Morgan fingerprint density at radius 2 is 1.78 bits per heavy atom. The summed E-state index contributed by atoms with van der Waals surface area (Å²) in [5, 5.41) is 15.3. The van der Waals surface area contributed by atoms with E-state index >= 15 is 0 Å². The number of nitriles is 1. The molecule has 1 amide bonds. The van der Waals surface area contributed by atoms with Crippen LogP contribution in [-0.2, 0) is 10.2 Å². The molecular formula is C29H27N5O2. The van der Waals surface area contributed by atoms with Crippen LogP contribution in [0.25, 0.3) is 11.3 Å². The summed E-state index contributed by atoms with van der Waals surface area (Å²) < 4.78 is 7.77. The van der Waals surface area contributed by atoms with Crippen molar-refractivity contribution in [2.24, 2.45) is 5.73 Å². The molecule has 0 radical (unpaired) electrons. The lowest BCUT2D eigenvalue weighted by atomic mass is 9.67. The number of ether oxygens (including phenoxy) is 1. The molecule has 7 nitrogen and oxygen atoms in total. The van der Waals surface area contributed by atoms with Crippen molar-refractivity contribution in [1.29, 1.82) is 5.26 Å². The third-order valence-electron chi connectivity index (χ3n) is 7.85. The lowest BCUT2D eigenvalue weighted by molar-refractivity contribution is -0.121. The number of benzene rings is 2. The molecule has 0 aliphatic carbocycles. The van der Waals surface area contributed by atoms with Crippen LogP contribution in [0.4, 0.5) is 5.69 Å². The van der Waals surface area contributed by atoms with Gasteiger partial charge in [0.25, 0.3) is 0 Å². The zero-order chi connectivity index (χ0) is 25.7. The molecule has 6 rings (SSSR count). The van der Waals surface area contributed by atoms with Gasteiger partial charge < -0.3 is 15.4 Å². The van der Waals surface area contributed by atoms with Gasteiger partial charge >= 0.3 is 0 Å². The number of amides is 1. The Balaban J connectivity index is 1.82. The number of allylic oxidation sites excluding steroid dienone is 1. The minimum absolute atomic E-state index is 0.0765. The van der Waals surface area contributed by atoms with E-state index in [-0.39, 0.29) is 17.4 Å². The molecule has 0 bridgehead atoms. The Labute approximate surface area is 210 Å². The second kappa shape index (κ2) is 6.88. The summed E-state index contributed by atoms with van der Waals surface area (Å²) in [6.45, 7) is 12.0. The number of nitrogens with two attached hydrogens (primary N) is 1. The van der Waals surface area contributed by atoms with Crippen molar-refractivity contribution in [1.82, 2.24) is 9.78 Å². The summed E-state index contributed by atoms with van der Waals surface area (Å²) in [4.78, 5) is 16.7. The van der Waals surface area contributed by atoms with E-state index in [4.69, 9.17) is 15.6 Å². The molecule has 180 valence electrons. The molecule has 3 aliphatic rings. The monoisotopic (exact) mass is 477 g/mol. The first kappa shape index (κ1) is 22.2. The summed E-state index contributed by atoms with van der Waals surface area (Å²) in [5.41, 5.74) is 12.2. The number of nitrogens with zero attached hydrogens (tertiary/aromatic N) is 4. The normalized spacial score (nSPS) is 21.2. The van der Waals surface area contributed by atoms with E-state index in [2.05, 4.69) is 25.1 Å². The number of hydrogen-bond acceptors (Lipinski definition) is 5. The fraction of sp³-hybridized carbons (Fsp3) is 0.276. The van der Waals surface area contributed by atoms with Crippen LogP contribution >= 0.6 is 0 Å². The Hall–Kier alpha value is -4.31. The van der Waals surface area contributed by atoms with Gasteiger partial charge in [0.05, 0.1) is 28.2 Å². The lowest BCUT2D eigenvalue weighted by Crippen LogP contribution is -2.53. The second-order valence-electron chi connectivity index (χ2n) is 10.4. The average Bonchev–Trinajstić information content (AvgIpc) is 3.29. The molecule has 2 N–H and O–H groups in total. The molecule has 2 aromatic carbocycles. The standard InChI is InChI=1S/C29H27N5O2/c1-15-12-20-16(2)13-28(5,6)33-24(20)22(17(15)3)29(27(33)35)21(14-30)25(31)36-26-23(29)18(4)32-34(26)19-10-8-7-9-11-19/h7-13H,31H2,1-6H3/t29-/m1/s1. The van der Waals surface area contributed by atoms with E-state index in [9.17, 15) is 10.1 Å². The highest BCUT2D eigenvalue weighted by Gasteiger charge is 2.64.